The van der Waals surface area contributed by atoms with Crippen LogP contribution in [0.1, 0.15) is 22.8 Å². The van der Waals surface area contributed by atoms with Gasteiger partial charge in [0, 0.05) is 11.1 Å². The Bertz CT molecular complexity index is 890. The van der Waals surface area contributed by atoms with Crippen molar-refractivity contribution in [3.8, 4) is 6.07 Å². The Morgan fingerprint density at radius 3 is 2.80 bits per heavy atom. The highest BCUT2D eigenvalue weighted by Gasteiger charge is 2.26. The van der Waals surface area contributed by atoms with Gasteiger partial charge in [0.05, 0.1) is 10.5 Å². The van der Waals surface area contributed by atoms with E-state index in [1.807, 2.05) is 6.07 Å². The second-order valence-electron chi connectivity index (χ2n) is 4.73. The van der Waals surface area contributed by atoms with E-state index in [-0.39, 0.29) is 16.1 Å². The molecule has 1 heterocycles. The van der Waals surface area contributed by atoms with Crippen molar-refractivity contribution in [1.82, 2.24) is 0 Å². The van der Waals surface area contributed by atoms with Crippen molar-refractivity contribution >= 4 is 45.5 Å². The quantitative estimate of drug-likeness (QED) is 0.482. The number of thiophene rings is 1. The lowest BCUT2D eigenvalue weighted by Gasteiger charge is -2.13. The number of hydrogen-bond acceptors (Lipinski definition) is 7. The molecule has 128 valence electrons. The molecule has 2 rings (SSSR count). The van der Waals surface area contributed by atoms with Gasteiger partial charge in [0.2, 0.25) is 0 Å². The molecule has 0 bridgehead atoms. The van der Waals surface area contributed by atoms with E-state index < -0.39 is 28.6 Å². The first-order valence-corrected chi connectivity index (χ1v) is 8.02. The molecule has 0 radical (unpaired) electrons. The van der Waals surface area contributed by atoms with E-state index >= 15 is 0 Å². The molecule has 0 aliphatic carbocycles. The SMILES string of the molecule is CC(OC(=O)c1ccc(Cl)cc1[N+](=O)[O-])C(=O)Nc1sccc1C#N. The lowest BCUT2D eigenvalue weighted by molar-refractivity contribution is -0.385. The molecule has 1 N–H and O–H groups in total. The van der Waals surface area contributed by atoms with Gasteiger partial charge < -0.3 is 10.1 Å². The number of nitro benzene ring substituents is 1. The van der Waals surface area contributed by atoms with Gasteiger partial charge in [-0.1, -0.05) is 11.6 Å². The van der Waals surface area contributed by atoms with Gasteiger partial charge in [-0.3, -0.25) is 14.9 Å². The van der Waals surface area contributed by atoms with Crippen molar-refractivity contribution in [3.63, 3.8) is 0 Å². The van der Waals surface area contributed by atoms with E-state index in [0.29, 0.717) is 5.00 Å². The maximum absolute atomic E-state index is 12.1. The topological polar surface area (TPSA) is 122 Å². The third kappa shape index (κ3) is 4.32. The molecule has 1 aromatic carbocycles. The number of ether oxygens (including phenoxy) is 1. The summed E-state index contributed by atoms with van der Waals surface area (Å²) in [5.41, 5.74) is -0.553. The van der Waals surface area contributed by atoms with Crippen LogP contribution >= 0.6 is 22.9 Å². The first kappa shape index (κ1) is 18.4. The monoisotopic (exact) mass is 379 g/mol. The number of halogens is 1. The second kappa shape index (κ2) is 7.74. The summed E-state index contributed by atoms with van der Waals surface area (Å²) in [5.74, 6) is -1.69. The molecule has 1 amide bonds. The summed E-state index contributed by atoms with van der Waals surface area (Å²) in [4.78, 5) is 34.4. The van der Waals surface area contributed by atoms with Crippen molar-refractivity contribution in [1.29, 1.82) is 5.26 Å². The third-order valence-electron chi connectivity index (χ3n) is 3.05. The number of benzene rings is 1. The third-order valence-corrected chi connectivity index (χ3v) is 4.12. The molecular weight excluding hydrogens is 370 g/mol. The summed E-state index contributed by atoms with van der Waals surface area (Å²) >= 11 is 6.83. The molecular formula is C15H10ClN3O5S. The van der Waals surface area contributed by atoms with Gasteiger partial charge in [-0.05, 0) is 30.5 Å². The first-order chi connectivity index (χ1) is 11.8. The van der Waals surface area contributed by atoms with Gasteiger partial charge in [0.1, 0.15) is 16.6 Å². The highest BCUT2D eigenvalue weighted by atomic mass is 35.5. The van der Waals surface area contributed by atoms with Gasteiger partial charge in [-0.2, -0.15) is 5.26 Å². The summed E-state index contributed by atoms with van der Waals surface area (Å²) in [6.45, 7) is 1.31. The maximum atomic E-state index is 12.1. The number of anilines is 1. The molecule has 2 aromatic rings. The number of nitro groups is 1. The number of nitrogens with one attached hydrogen (secondary N) is 1. The number of carbonyl (C=O) groups is 2. The minimum absolute atomic E-state index is 0.0933. The Morgan fingerprint density at radius 2 is 2.16 bits per heavy atom. The zero-order chi connectivity index (χ0) is 18.6. The second-order valence-corrected chi connectivity index (χ2v) is 6.08. The molecule has 1 aromatic heterocycles. The average Bonchev–Trinajstić information content (AvgIpc) is 3.01. The standard InChI is InChI=1S/C15H10ClN3O5S/c1-8(13(20)18-14-9(7-17)4-5-25-14)24-15(21)11-3-2-10(16)6-12(11)19(22)23/h2-6,8H,1H3,(H,18,20). The fourth-order valence-corrected chi connectivity index (χ4v) is 2.72. The fourth-order valence-electron chi connectivity index (χ4n) is 1.81. The van der Waals surface area contributed by atoms with Gasteiger partial charge >= 0.3 is 5.97 Å². The van der Waals surface area contributed by atoms with Crippen LogP contribution in [0.3, 0.4) is 0 Å². The Hall–Kier alpha value is -2.96. The molecule has 1 atom stereocenters. The van der Waals surface area contributed by atoms with E-state index in [4.69, 9.17) is 21.6 Å². The number of nitriles is 1. The van der Waals surface area contributed by atoms with Crippen molar-refractivity contribution in [2.24, 2.45) is 0 Å². The van der Waals surface area contributed by atoms with Crippen molar-refractivity contribution < 1.29 is 19.2 Å². The number of hydrogen-bond donors (Lipinski definition) is 1. The molecule has 0 spiro atoms. The molecule has 1 unspecified atom stereocenters. The van der Waals surface area contributed by atoms with Gasteiger partial charge in [-0.25, -0.2) is 4.79 Å². The number of nitrogens with zero attached hydrogens (tertiary/aromatic N) is 2. The highest BCUT2D eigenvalue weighted by Crippen LogP contribution is 2.25. The summed E-state index contributed by atoms with van der Waals surface area (Å²) in [7, 11) is 0. The van der Waals surface area contributed by atoms with Crippen LogP contribution in [-0.2, 0) is 9.53 Å². The Morgan fingerprint density at radius 1 is 1.44 bits per heavy atom. The normalized spacial score (nSPS) is 11.2. The van der Waals surface area contributed by atoms with Crippen molar-refractivity contribution in [2.45, 2.75) is 13.0 Å². The molecule has 0 saturated heterocycles. The Kier molecular flexibility index (Phi) is 5.69. The van der Waals surface area contributed by atoms with Crippen LogP contribution < -0.4 is 5.32 Å². The van der Waals surface area contributed by atoms with Crippen LogP contribution in [0.2, 0.25) is 5.02 Å². The van der Waals surface area contributed by atoms with Crippen molar-refractivity contribution in [3.05, 3.63) is 55.9 Å². The van der Waals surface area contributed by atoms with E-state index in [0.717, 1.165) is 23.5 Å². The minimum Gasteiger partial charge on any atom is -0.449 e. The number of esters is 1. The van der Waals surface area contributed by atoms with E-state index in [9.17, 15) is 19.7 Å². The average molecular weight is 380 g/mol. The molecule has 25 heavy (non-hydrogen) atoms. The maximum Gasteiger partial charge on any atom is 0.345 e. The van der Waals surface area contributed by atoms with Gasteiger partial charge in [-0.15, -0.1) is 11.3 Å². The van der Waals surface area contributed by atoms with Crippen LogP contribution in [-0.4, -0.2) is 22.9 Å². The van der Waals surface area contributed by atoms with E-state index in [1.165, 1.54) is 19.1 Å². The van der Waals surface area contributed by atoms with Crippen LogP contribution in [0.5, 0.6) is 0 Å². The van der Waals surface area contributed by atoms with Crippen LogP contribution in [0.15, 0.2) is 29.6 Å². The Balaban J connectivity index is 2.11. The summed E-state index contributed by atoms with van der Waals surface area (Å²) < 4.78 is 4.97. The van der Waals surface area contributed by atoms with Gasteiger partial charge in [0.15, 0.2) is 6.10 Å². The molecule has 8 nitrogen and oxygen atoms in total. The molecule has 0 saturated carbocycles. The number of carbonyl (C=O) groups excluding carboxylic acids is 2. The van der Waals surface area contributed by atoms with Crippen molar-refractivity contribution in [2.75, 3.05) is 5.32 Å². The predicted molar refractivity (Wildman–Crippen MR) is 90.6 cm³/mol. The zero-order valence-corrected chi connectivity index (χ0v) is 14.3. The predicted octanol–water partition coefficient (Wildman–Crippen LogP) is 3.37. The van der Waals surface area contributed by atoms with Crippen LogP contribution in [0.25, 0.3) is 0 Å². The lowest BCUT2D eigenvalue weighted by Crippen LogP contribution is -2.30. The summed E-state index contributed by atoms with van der Waals surface area (Å²) in [6, 6.07) is 6.93. The van der Waals surface area contributed by atoms with E-state index in [2.05, 4.69) is 5.32 Å². The molecule has 0 aliphatic heterocycles. The smallest absolute Gasteiger partial charge is 0.345 e. The number of amides is 1. The molecule has 0 fully saturated rings. The summed E-state index contributed by atoms with van der Waals surface area (Å²) in [6.07, 6.45) is -1.23. The zero-order valence-electron chi connectivity index (χ0n) is 12.7. The highest BCUT2D eigenvalue weighted by molar-refractivity contribution is 7.14. The van der Waals surface area contributed by atoms with Crippen LogP contribution in [0.4, 0.5) is 10.7 Å². The van der Waals surface area contributed by atoms with Crippen LogP contribution in [0, 0.1) is 21.4 Å². The largest absolute Gasteiger partial charge is 0.449 e. The summed E-state index contributed by atoms with van der Waals surface area (Å²) in [5, 5.41) is 24.4. The Labute approximate surface area is 150 Å². The number of rotatable bonds is 5. The van der Waals surface area contributed by atoms with Gasteiger partial charge in [0.25, 0.3) is 11.6 Å². The fraction of sp³-hybridized carbons (Fsp3) is 0.133. The first-order valence-electron chi connectivity index (χ1n) is 6.77. The van der Waals surface area contributed by atoms with E-state index in [1.54, 1.807) is 5.38 Å². The minimum atomic E-state index is -1.23. The molecule has 0 aliphatic rings. The molecule has 10 heteroatoms. The lowest BCUT2D eigenvalue weighted by atomic mass is 10.2.